The number of nitrogens with zero attached hydrogens (tertiary/aromatic N) is 2. The molecule has 2 aromatic carbocycles. The summed E-state index contributed by atoms with van der Waals surface area (Å²) in [4.78, 5) is 4.25. The highest BCUT2D eigenvalue weighted by molar-refractivity contribution is 5.66. The van der Waals surface area contributed by atoms with Crippen molar-refractivity contribution in [3.05, 3.63) is 47.8 Å². The van der Waals surface area contributed by atoms with Gasteiger partial charge in [0.1, 0.15) is 11.6 Å². The normalized spacial score (nSPS) is 10.8. The fraction of sp³-hybridized carbons (Fsp3) is 0.0667. The average Bonchev–Trinajstić information content (AvgIpc) is 2.94. The van der Waals surface area contributed by atoms with Gasteiger partial charge in [-0.25, -0.2) is 4.39 Å². The summed E-state index contributed by atoms with van der Waals surface area (Å²) in [5.41, 5.74) is 7.63. The molecule has 0 saturated carbocycles. The third kappa shape index (κ3) is 2.43. The minimum Gasteiger partial charge on any atom is -0.506 e. The van der Waals surface area contributed by atoms with Gasteiger partial charge in [0.05, 0.1) is 5.69 Å². The zero-order chi connectivity index (χ0) is 15.0. The van der Waals surface area contributed by atoms with E-state index in [1.807, 2.05) is 0 Å². The second-order valence-electron chi connectivity index (χ2n) is 4.66. The van der Waals surface area contributed by atoms with Crippen molar-refractivity contribution in [1.82, 2.24) is 10.1 Å². The Kier molecular flexibility index (Phi) is 3.06. The average molecular weight is 285 g/mol. The molecule has 3 N–H and O–H groups in total. The first kappa shape index (κ1) is 13.1. The lowest BCUT2D eigenvalue weighted by Gasteiger charge is -1.99. The summed E-state index contributed by atoms with van der Waals surface area (Å²) in [5, 5.41) is 13.3. The lowest BCUT2D eigenvalue weighted by molar-refractivity contribution is 0.432. The molecule has 3 rings (SSSR count). The Morgan fingerprint density at radius 3 is 2.62 bits per heavy atom. The van der Waals surface area contributed by atoms with E-state index in [0.29, 0.717) is 22.5 Å². The summed E-state index contributed by atoms with van der Waals surface area (Å²) >= 11 is 0. The van der Waals surface area contributed by atoms with Gasteiger partial charge in [0.15, 0.2) is 0 Å². The van der Waals surface area contributed by atoms with E-state index in [4.69, 9.17) is 10.3 Å². The van der Waals surface area contributed by atoms with Crippen molar-refractivity contribution in [3.8, 4) is 28.6 Å². The zero-order valence-electron chi connectivity index (χ0n) is 11.2. The van der Waals surface area contributed by atoms with E-state index >= 15 is 0 Å². The monoisotopic (exact) mass is 285 g/mol. The maximum absolute atomic E-state index is 13.3. The predicted octanol–water partition coefficient (Wildman–Crippen LogP) is 3.14. The fourth-order valence-corrected chi connectivity index (χ4v) is 1.93. The van der Waals surface area contributed by atoms with Crippen LogP contribution in [-0.2, 0) is 0 Å². The third-order valence-corrected chi connectivity index (χ3v) is 3.12. The van der Waals surface area contributed by atoms with Crippen molar-refractivity contribution in [3.63, 3.8) is 0 Å². The molecular formula is C15H12FN3O2. The van der Waals surface area contributed by atoms with Gasteiger partial charge < -0.3 is 15.4 Å². The van der Waals surface area contributed by atoms with Crippen LogP contribution < -0.4 is 5.73 Å². The largest absolute Gasteiger partial charge is 0.506 e. The van der Waals surface area contributed by atoms with Gasteiger partial charge in [0.25, 0.3) is 5.89 Å². The molecule has 0 aliphatic carbocycles. The van der Waals surface area contributed by atoms with E-state index in [2.05, 4.69) is 10.1 Å². The standard InChI is InChI=1S/C15H12FN3O2/c1-8-6-9(2-4-11(8)16)14-18-15(21-19-14)10-3-5-13(20)12(17)7-10/h2-7,20H,17H2,1H3. The molecule has 0 saturated heterocycles. The molecule has 5 nitrogen and oxygen atoms in total. The molecule has 6 heteroatoms. The summed E-state index contributed by atoms with van der Waals surface area (Å²) in [6.07, 6.45) is 0. The number of nitrogens with two attached hydrogens (primary N) is 1. The number of hydrogen-bond donors (Lipinski definition) is 2. The van der Waals surface area contributed by atoms with Gasteiger partial charge in [-0.1, -0.05) is 5.16 Å². The van der Waals surface area contributed by atoms with Crippen molar-refractivity contribution in [2.24, 2.45) is 0 Å². The van der Waals surface area contributed by atoms with Gasteiger partial charge in [0.2, 0.25) is 5.82 Å². The lowest BCUT2D eigenvalue weighted by Crippen LogP contribution is -1.88. The number of phenolic OH excluding ortho intramolecular Hbond substituents is 1. The smallest absolute Gasteiger partial charge is 0.258 e. The number of hydrogen-bond acceptors (Lipinski definition) is 5. The summed E-state index contributed by atoms with van der Waals surface area (Å²) < 4.78 is 18.4. The SMILES string of the molecule is Cc1cc(-c2noc(-c3ccc(O)c(N)c3)n2)ccc1F. The number of anilines is 1. The van der Waals surface area contributed by atoms with Gasteiger partial charge >= 0.3 is 0 Å². The van der Waals surface area contributed by atoms with E-state index in [1.165, 1.54) is 12.1 Å². The maximum atomic E-state index is 13.3. The minimum absolute atomic E-state index is 0.00681. The molecule has 0 unspecified atom stereocenters. The first-order valence-corrected chi connectivity index (χ1v) is 6.23. The molecule has 0 aliphatic heterocycles. The molecule has 106 valence electrons. The number of rotatable bonds is 2. The van der Waals surface area contributed by atoms with E-state index in [-0.39, 0.29) is 23.1 Å². The van der Waals surface area contributed by atoms with Crippen molar-refractivity contribution in [2.45, 2.75) is 6.92 Å². The Hall–Kier alpha value is -2.89. The van der Waals surface area contributed by atoms with Crippen molar-refractivity contribution >= 4 is 5.69 Å². The van der Waals surface area contributed by atoms with Crippen LogP contribution in [0.1, 0.15) is 5.56 Å². The van der Waals surface area contributed by atoms with Gasteiger partial charge in [0, 0.05) is 11.1 Å². The number of aromatic hydroxyl groups is 1. The molecule has 0 atom stereocenters. The van der Waals surface area contributed by atoms with Crippen LogP contribution in [-0.4, -0.2) is 15.2 Å². The molecule has 1 aromatic heterocycles. The van der Waals surface area contributed by atoms with E-state index in [9.17, 15) is 9.50 Å². The van der Waals surface area contributed by atoms with Crippen molar-refractivity contribution in [2.75, 3.05) is 5.73 Å². The first-order valence-electron chi connectivity index (χ1n) is 6.23. The number of aromatic nitrogens is 2. The molecule has 0 radical (unpaired) electrons. The van der Waals surface area contributed by atoms with Gasteiger partial charge in [-0.05, 0) is 48.9 Å². The quantitative estimate of drug-likeness (QED) is 0.558. The number of nitrogen functional groups attached to an aromatic ring is 1. The Morgan fingerprint density at radius 1 is 1.14 bits per heavy atom. The molecule has 0 fully saturated rings. The van der Waals surface area contributed by atoms with E-state index in [1.54, 1.807) is 31.2 Å². The van der Waals surface area contributed by atoms with Crippen LogP contribution in [0, 0.1) is 12.7 Å². The molecule has 0 aliphatic rings. The van der Waals surface area contributed by atoms with Crippen LogP contribution in [0.2, 0.25) is 0 Å². The molecule has 0 bridgehead atoms. The highest BCUT2D eigenvalue weighted by atomic mass is 19.1. The Balaban J connectivity index is 1.99. The Labute approximate surface area is 119 Å². The second kappa shape index (κ2) is 4.90. The molecule has 0 spiro atoms. The highest BCUT2D eigenvalue weighted by Crippen LogP contribution is 2.28. The van der Waals surface area contributed by atoms with Crippen LogP contribution in [0.4, 0.5) is 10.1 Å². The number of aryl methyl sites for hydroxylation is 1. The summed E-state index contributed by atoms with van der Waals surface area (Å²) in [7, 11) is 0. The van der Waals surface area contributed by atoms with E-state index < -0.39 is 0 Å². The van der Waals surface area contributed by atoms with Crippen LogP contribution in [0.3, 0.4) is 0 Å². The summed E-state index contributed by atoms with van der Waals surface area (Å²) in [6, 6.07) is 9.22. The molecular weight excluding hydrogens is 273 g/mol. The molecule has 0 amide bonds. The highest BCUT2D eigenvalue weighted by Gasteiger charge is 2.12. The predicted molar refractivity (Wildman–Crippen MR) is 75.9 cm³/mol. The second-order valence-corrected chi connectivity index (χ2v) is 4.66. The summed E-state index contributed by atoms with van der Waals surface area (Å²) in [6.45, 7) is 1.67. The molecule has 3 aromatic rings. The van der Waals surface area contributed by atoms with E-state index in [0.717, 1.165) is 0 Å². The zero-order valence-corrected chi connectivity index (χ0v) is 11.2. The van der Waals surface area contributed by atoms with Gasteiger partial charge in [-0.2, -0.15) is 4.98 Å². The number of phenols is 1. The third-order valence-electron chi connectivity index (χ3n) is 3.12. The lowest BCUT2D eigenvalue weighted by atomic mass is 10.1. The Bertz CT molecular complexity index is 748. The number of benzene rings is 2. The van der Waals surface area contributed by atoms with Gasteiger partial charge in [-0.3, -0.25) is 0 Å². The fourth-order valence-electron chi connectivity index (χ4n) is 1.93. The number of halogens is 1. The minimum atomic E-state index is -0.284. The van der Waals surface area contributed by atoms with Crippen LogP contribution >= 0.6 is 0 Å². The molecule has 1 heterocycles. The van der Waals surface area contributed by atoms with Crippen molar-refractivity contribution in [1.29, 1.82) is 0 Å². The first-order chi connectivity index (χ1) is 10.0. The van der Waals surface area contributed by atoms with Gasteiger partial charge in [-0.15, -0.1) is 0 Å². The van der Waals surface area contributed by atoms with Crippen LogP contribution in [0.5, 0.6) is 5.75 Å². The maximum Gasteiger partial charge on any atom is 0.258 e. The topological polar surface area (TPSA) is 85.2 Å². The van der Waals surface area contributed by atoms with Crippen LogP contribution in [0.15, 0.2) is 40.9 Å². The summed E-state index contributed by atoms with van der Waals surface area (Å²) in [5.74, 6) is 0.347. The molecule has 21 heavy (non-hydrogen) atoms. The van der Waals surface area contributed by atoms with Crippen molar-refractivity contribution < 1.29 is 14.0 Å². The van der Waals surface area contributed by atoms with Crippen LogP contribution in [0.25, 0.3) is 22.8 Å². The Morgan fingerprint density at radius 2 is 1.90 bits per heavy atom.